The summed E-state index contributed by atoms with van der Waals surface area (Å²) in [5.74, 6) is -2.71. The molecule has 10 nitrogen and oxygen atoms in total. The summed E-state index contributed by atoms with van der Waals surface area (Å²) < 4.78 is 13.8. The Labute approximate surface area is 170 Å². The van der Waals surface area contributed by atoms with Crippen LogP contribution in [0.5, 0.6) is 0 Å². The fourth-order valence-electron chi connectivity index (χ4n) is 2.59. The topological polar surface area (TPSA) is 133 Å². The molecule has 1 aromatic rings. The number of hydrogen-bond acceptors (Lipinski definition) is 9. The molecule has 0 aliphatic carbocycles. The predicted molar refractivity (Wildman–Crippen MR) is 104 cm³/mol. The molecule has 154 valence electrons. The van der Waals surface area contributed by atoms with E-state index >= 15 is 0 Å². The zero-order valence-corrected chi connectivity index (χ0v) is 17.0. The average molecular weight is 431 g/mol. The predicted octanol–water partition coefficient (Wildman–Crippen LogP) is 1.35. The van der Waals surface area contributed by atoms with Crippen molar-refractivity contribution < 1.29 is 29.3 Å². The molecule has 3 rings (SSSR count). The van der Waals surface area contributed by atoms with Gasteiger partial charge in [-0.3, -0.25) is 0 Å². The van der Waals surface area contributed by atoms with E-state index in [1.54, 1.807) is 16.7 Å². The number of carbonyl (C=O) groups excluding carboxylic acids is 1. The highest BCUT2D eigenvalue weighted by Gasteiger charge is 2.21. The summed E-state index contributed by atoms with van der Waals surface area (Å²) in [5.41, 5.74) is 2.33. The maximum atomic E-state index is 11.4. The fraction of sp³-hybridized carbons (Fsp3) is 0.562. The van der Waals surface area contributed by atoms with Gasteiger partial charge in [0, 0.05) is 25.4 Å². The first-order valence-corrected chi connectivity index (χ1v) is 10.3. The van der Waals surface area contributed by atoms with E-state index in [4.69, 9.17) is 24.5 Å². The molecule has 12 heteroatoms. The van der Waals surface area contributed by atoms with E-state index in [0.29, 0.717) is 13.2 Å². The van der Waals surface area contributed by atoms with Crippen molar-refractivity contribution in [2.45, 2.75) is 17.9 Å². The van der Waals surface area contributed by atoms with Gasteiger partial charge in [0.1, 0.15) is 17.3 Å². The number of ether oxygens (including phenoxy) is 1. The van der Waals surface area contributed by atoms with E-state index in [0.717, 1.165) is 48.9 Å². The number of aromatic nitrogens is 2. The fourth-order valence-corrected chi connectivity index (χ4v) is 4.23. The minimum atomic E-state index is -1.82. The molecule has 0 saturated carbocycles. The standard InChI is InChI=1S/C14H20N4O2S2.C2H2O4/c1-17-5-2-4-11(10-17)12-13(16-22-15-12)21-9-3-6-18-7-8-20-14(18)19;3-1(4)2(5)6/h4H,2-3,5-10H2,1H3;(H,3,4)(H,5,6). The zero-order chi connectivity index (χ0) is 20.5. The first-order chi connectivity index (χ1) is 13.4. The molecule has 0 aromatic carbocycles. The minimum Gasteiger partial charge on any atom is -0.473 e. The number of carboxylic acid groups (broad SMARTS) is 2. The molecule has 2 aliphatic rings. The van der Waals surface area contributed by atoms with Gasteiger partial charge in [0.05, 0.1) is 18.3 Å². The Morgan fingerprint density at radius 1 is 1.29 bits per heavy atom. The lowest BCUT2D eigenvalue weighted by Gasteiger charge is -2.22. The van der Waals surface area contributed by atoms with Gasteiger partial charge in [-0.1, -0.05) is 6.08 Å². The second-order valence-corrected chi connectivity index (χ2v) is 7.70. The lowest BCUT2D eigenvalue weighted by atomic mass is 10.1. The Kier molecular flexibility index (Phi) is 8.67. The van der Waals surface area contributed by atoms with Crippen LogP contribution < -0.4 is 0 Å². The molecule has 1 aromatic heterocycles. The molecule has 2 N–H and O–H groups in total. The van der Waals surface area contributed by atoms with Crippen LogP contribution >= 0.6 is 23.5 Å². The smallest absolute Gasteiger partial charge is 0.414 e. The molecule has 0 atom stereocenters. The van der Waals surface area contributed by atoms with Crippen molar-refractivity contribution in [3.63, 3.8) is 0 Å². The Morgan fingerprint density at radius 3 is 2.64 bits per heavy atom. The first kappa shape index (κ1) is 22.1. The Hall–Kier alpha value is -2.18. The normalized spacial score (nSPS) is 16.8. The highest BCUT2D eigenvalue weighted by molar-refractivity contribution is 7.99. The van der Waals surface area contributed by atoms with Crippen molar-refractivity contribution in [1.29, 1.82) is 0 Å². The van der Waals surface area contributed by atoms with Crippen molar-refractivity contribution in [3.05, 3.63) is 11.8 Å². The van der Waals surface area contributed by atoms with E-state index in [1.807, 2.05) is 0 Å². The molecule has 0 radical (unpaired) electrons. The van der Waals surface area contributed by atoms with Crippen LogP contribution in [0.15, 0.2) is 11.1 Å². The molecule has 0 bridgehead atoms. The first-order valence-electron chi connectivity index (χ1n) is 8.59. The van der Waals surface area contributed by atoms with Gasteiger partial charge in [-0.2, -0.15) is 8.75 Å². The maximum Gasteiger partial charge on any atom is 0.414 e. The number of amides is 1. The second-order valence-electron chi connectivity index (χ2n) is 6.09. The summed E-state index contributed by atoms with van der Waals surface area (Å²) >= 11 is 3.01. The number of cyclic esters (lactones) is 1. The number of nitrogens with zero attached hydrogens (tertiary/aromatic N) is 4. The summed E-state index contributed by atoms with van der Waals surface area (Å²) in [4.78, 5) is 33.6. The highest BCUT2D eigenvalue weighted by Crippen LogP contribution is 2.29. The second kappa shape index (κ2) is 11.0. The number of carboxylic acids is 2. The maximum absolute atomic E-state index is 11.4. The van der Waals surface area contributed by atoms with Gasteiger partial charge < -0.3 is 24.7 Å². The SMILES string of the molecule is CN1CCC=C(c2nsnc2SCCCN2CCOC2=O)C1.O=C(O)C(=O)O. The Morgan fingerprint density at radius 2 is 2.04 bits per heavy atom. The van der Waals surface area contributed by atoms with Crippen LogP contribution in [0, 0.1) is 0 Å². The average Bonchev–Trinajstić information content (AvgIpc) is 3.28. The number of thioether (sulfide) groups is 1. The van der Waals surface area contributed by atoms with Crippen molar-refractivity contribution in [2.75, 3.05) is 45.6 Å². The summed E-state index contributed by atoms with van der Waals surface area (Å²) in [6.45, 7) is 4.04. The van der Waals surface area contributed by atoms with Crippen molar-refractivity contribution in [1.82, 2.24) is 18.5 Å². The molecule has 28 heavy (non-hydrogen) atoms. The van der Waals surface area contributed by atoms with E-state index in [9.17, 15) is 4.79 Å². The number of aliphatic carboxylic acids is 2. The number of hydrogen-bond donors (Lipinski definition) is 2. The van der Waals surface area contributed by atoms with E-state index in [1.165, 1.54) is 17.3 Å². The van der Waals surface area contributed by atoms with E-state index in [-0.39, 0.29) is 6.09 Å². The molecule has 0 unspecified atom stereocenters. The van der Waals surface area contributed by atoms with Crippen LogP contribution in [-0.2, 0) is 14.3 Å². The van der Waals surface area contributed by atoms with E-state index in [2.05, 4.69) is 26.8 Å². The number of carbonyl (C=O) groups is 3. The largest absolute Gasteiger partial charge is 0.473 e. The number of rotatable bonds is 6. The van der Waals surface area contributed by atoms with Gasteiger partial charge in [0.25, 0.3) is 0 Å². The van der Waals surface area contributed by atoms with Crippen molar-refractivity contribution in [2.24, 2.45) is 0 Å². The lowest BCUT2D eigenvalue weighted by Crippen LogP contribution is -2.25. The molecule has 0 spiro atoms. The van der Waals surface area contributed by atoms with Gasteiger partial charge in [-0.15, -0.1) is 11.8 Å². The molecule has 3 heterocycles. The zero-order valence-electron chi connectivity index (χ0n) is 15.4. The van der Waals surface area contributed by atoms with Gasteiger partial charge in [0.15, 0.2) is 0 Å². The van der Waals surface area contributed by atoms with Crippen molar-refractivity contribution in [3.8, 4) is 0 Å². The quantitative estimate of drug-likeness (QED) is 0.387. The summed E-state index contributed by atoms with van der Waals surface area (Å²) in [7, 11) is 2.13. The molecular formula is C16H22N4O6S2. The third kappa shape index (κ3) is 6.77. The van der Waals surface area contributed by atoms with Crippen LogP contribution in [-0.4, -0.2) is 92.4 Å². The summed E-state index contributed by atoms with van der Waals surface area (Å²) in [6.07, 6.45) is 4.11. The van der Waals surface area contributed by atoms with Gasteiger partial charge >= 0.3 is 18.0 Å². The monoisotopic (exact) mass is 430 g/mol. The summed E-state index contributed by atoms with van der Waals surface area (Å²) in [5, 5.41) is 15.8. The number of likely N-dealkylation sites (N-methyl/N-ethyl adjacent to an activating group) is 1. The third-order valence-electron chi connectivity index (χ3n) is 3.94. The molecular weight excluding hydrogens is 408 g/mol. The van der Waals surface area contributed by atoms with Crippen LogP contribution in [0.25, 0.3) is 5.57 Å². The Bertz CT molecular complexity index is 726. The van der Waals surface area contributed by atoms with Crippen LogP contribution in [0.1, 0.15) is 18.5 Å². The van der Waals surface area contributed by atoms with Crippen LogP contribution in [0.2, 0.25) is 0 Å². The van der Waals surface area contributed by atoms with Gasteiger partial charge in [-0.05, 0) is 25.5 Å². The van der Waals surface area contributed by atoms with Crippen LogP contribution in [0.3, 0.4) is 0 Å². The molecule has 2 aliphatic heterocycles. The van der Waals surface area contributed by atoms with Gasteiger partial charge in [-0.25, -0.2) is 14.4 Å². The van der Waals surface area contributed by atoms with Gasteiger partial charge in [0.2, 0.25) is 0 Å². The highest BCUT2D eigenvalue weighted by atomic mass is 32.2. The molecule has 1 saturated heterocycles. The van der Waals surface area contributed by atoms with Crippen molar-refractivity contribution >= 4 is 47.1 Å². The van der Waals surface area contributed by atoms with E-state index < -0.39 is 11.9 Å². The Balaban J connectivity index is 0.000000409. The lowest BCUT2D eigenvalue weighted by molar-refractivity contribution is -0.159. The molecule has 1 fully saturated rings. The molecule has 1 amide bonds. The minimum absolute atomic E-state index is 0.184. The third-order valence-corrected chi connectivity index (χ3v) is 5.64. The summed E-state index contributed by atoms with van der Waals surface area (Å²) in [6, 6.07) is 0. The van der Waals surface area contributed by atoms with Crippen LogP contribution in [0.4, 0.5) is 4.79 Å².